The highest BCUT2D eigenvalue weighted by Crippen LogP contribution is 2.38. The van der Waals surface area contributed by atoms with Crippen molar-refractivity contribution in [2.24, 2.45) is 0 Å². The van der Waals surface area contributed by atoms with Crippen LogP contribution in [0.25, 0.3) is 22.0 Å². The van der Waals surface area contributed by atoms with E-state index < -0.39 is 15.8 Å². The molecule has 1 aliphatic rings. The molecule has 0 amide bonds. The summed E-state index contributed by atoms with van der Waals surface area (Å²) in [6, 6.07) is 7.81. The van der Waals surface area contributed by atoms with Crippen molar-refractivity contribution in [2.75, 3.05) is 54.9 Å². The van der Waals surface area contributed by atoms with Crippen molar-refractivity contribution in [3.8, 4) is 16.9 Å². The van der Waals surface area contributed by atoms with Crippen LogP contribution in [0.1, 0.15) is 13.3 Å². The first kappa shape index (κ1) is 25.4. The van der Waals surface area contributed by atoms with Crippen molar-refractivity contribution in [1.82, 2.24) is 9.97 Å². The van der Waals surface area contributed by atoms with E-state index in [1.807, 2.05) is 4.90 Å². The summed E-state index contributed by atoms with van der Waals surface area (Å²) in [7, 11) is -3.68. The molecular weight excluding hydrogens is 499 g/mol. The van der Waals surface area contributed by atoms with Crippen LogP contribution in [0.3, 0.4) is 0 Å². The lowest BCUT2D eigenvalue weighted by atomic mass is 10.0. The molecule has 2 N–H and O–H groups in total. The summed E-state index contributed by atoms with van der Waals surface area (Å²) in [6.07, 6.45) is 0.403. The van der Waals surface area contributed by atoms with E-state index in [9.17, 15) is 13.5 Å². The summed E-state index contributed by atoms with van der Waals surface area (Å²) >= 11 is 6.23. The minimum absolute atomic E-state index is 0.00754. The van der Waals surface area contributed by atoms with Gasteiger partial charge in [0.15, 0.2) is 5.82 Å². The van der Waals surface area contributed by atoms with Crippen molar-refractivity contribution < 1.29 is 27.4 Å². The first-order valence-corrected chi connectivity index (χ1v) is 13.2. The number of aliphatic hydroxyl groups is 1. The molecule has 0 bridgehead atoms. The quantitative estimate of drug-likeness (QED) is 0.409. The standard InChI is InChI=1S/C23H26ClFN4O5S/c1-2-12-35(31,32)28-18-5-3-4-16(20(18)25)15-13-17-21(19(14-15)34-11-8-30)26-23(24)27-22(17)29-6-9-33-10-7-29/h3-5,13-14,28,30H,2,6-12H2,1H3. The number of morpholine rings is 1. The predicted molar refractivity (Wildman–Crippen MR) is 133 cm³/mol. The molecule has 4 rings (SSSR count). The zero-order valence-electron chi connectivity index (χ0n) is 19.1. The third kappa shape index (κ3) is 5.75. The monoisotopic (exact) mass is 524 g/mol. The lowest BCUT2D eigenvalue weighted by molar-refractivity contribution is 0.122. The van der Waals surface area contributed by atoms with Crippen molar-refractivity contribution in [3.63, 3.8) is 0 Å². The van der Waals surface area contributed by atoms with Crippen LogP contribution in [0.4, 0.5) is 15.9 Å². The first-order chi connectivity index (χ1) is 16.8. The number of sulfonamides is 1. The molecule has 0 radical (unpaired) electrons. The van der Waals surface area contributed by atoms with Gasteiger partial charge in [0.05, 0.1) is 31.3 Å². The third-order valence-electron chi connectivity index (χ3n) is 5.43. The Morgan fingerprint density at radius 2 is 2.03 bits per heavy atom. The average Bonchev–Trinajstić information content (AvgIpc) is 2.84. The van der Waals surface area contributed by atoms with Gasteiger partial charge in [0, 0.05) is 24.0 Å². The number of fused-ring (bicyclic) bond motifs is 1. The average molecular weight is 525 g/mol. The van der Waals surface area contributed by atoms with Crippen LogP contribution in [0.5, 0.6) is 5.75 Å². The minimum Gasteiger partial charge on any atom is -0.489 e. The molecule has 0 spiro atoms. The fourth-order valence-electron chi connectivity index (χ4n) is 3.92. The molecular formula is C23H26ClFN4O5S. The van der Waals surface area contributed by atoms with Crippen molar-refractivity contribution >= 4 is 44.0 Å². The topological polar surface area (TPSA) is 114 Å². The normalized spacial score (nSPS) is 14.3. The number of aliphatic hydroxyl groups excluding tert-OH is 1. The maximum Gasteiger partial charge on any atom is 0.232 e. The molecule has 0 aliphatic carbocycles. The van der Waals surface area contributed by atoms with Crippen LogP contribution in [0.2, 0.25) is 5.28 Å². The van der Waals surface area contributed by atoms with Gasteiger partial charge < -0.3 is 19.5 Å². The molecule has 12 heteroatoms. The Kier molecular flexibility index (Phi) is 7.90. The number of ether oxygens (including phenoxy) is 2. The van der Waals surface area contributed by atoms with Crippen LogP contribution >= 0.6 is 11.6 Å². The van der Waals surface area contributed by atoms with Gasteiger partial charge in [-0.3, -0.25) is 4.72 Å². The maximum absolute atomic E-state index is 15.5. The Morgan fingerprint density at radius 3 is 2.74 bits per heavy atom. The Balaban J connectivity index is 1.88. The molecule has 1 aromatic heterocycles. The summed E-state index contributed by atoms with van der Waals surface area (Å²) in [6.45, 7) is 3.70. The van der Waals surface area contributed by atoms with E-state index in [0.29, 0.717) is 60.8 Å². The SMILES string of the molecule is CCCS(=O)(=O)Nc1cccc(-c2cc(OCCO)c3nc(Cl)nc(N4CCOCC4)c3c2)c1F. The van der Waals surface area contributed by atoms with Gasteiger partial charge in [-0.25, -0.2) is 17.8 Å². The highest BCUT2D eigenvalue weighted by molar-refractivity contribution is 7.92. The second-order valence-electron chi connectivity index (χ2n) is 7.95. The Hall–Kier alpha value is -2.73. The first-order valence-electron chi connectivity index (χ1n) is 11.2. The number of nitrogens with one attached hydrogen (secondary N) is 1. The number of rotatable bonds is 9. The molecule has 9 nitrogen and oxygen atoms in total. The van der Waals surface area contributed by atoms with E-state index in [4.69, 9.17) is 21.1 Å². The van der Waals surface area contributed by atoms with E-state index in [0.717, 1.165) is 0 Å². The summed E-state index contributed by atoms with van der Waals surface area (Å²) in [5.74, 6) is 0.00987. The van der Waals surface area contributed by atoms with Gasteiger partial charge in [0.2, 0.25) is 15.3 Å². The second kappa shape index (κ2) is 10.9. The Bertz CT molecular complexity index is 1320. The van der Waals surface area contributed by atoms with Gasteiger partial charge in [0.1, 0.15) is 23.7 Å². The van der Waals surface area contributed by atoms with E-state index in [1.165, 1.54) is 6.07 Å². The van der Waals surface area contributed by atoms with E-state index >= 15 is 4.39 Å². The number of hydrogen-bond donors (Lipinski definition) is 2. The second-order valence-corrected chi connectivity index (χ2v) is 10.1. The predicted octanol–water partition coefficient (Wildman–Crippen LogP) is 3.45. The molecule has 1 fully saturated rings. The van der Waals surface area contributed by atoms with Crippen molar-refractivity contribution in [1.29, 1.82) is 0 Å². The smallest absolute Gasteiger partial charge is 0.232 e. The zero-order chi connectivity index (χ0) is 25.0. The largest absolute Gasteiger partial charge is 0.489 e. The number of halogens is 2. The van der Waals surface area contributed by atoms with Crippen LogP contribution < -0.4 is 14.4 Å². The van der Waals surface area contributed by atoms with Gasteiger partial charge >= 0.3 is 0 Å². The number of nitrogens with zero attached hydrogens (tertiary/aromatic N) is 3. The summed E-state index contributed by atoms with van der Waals surface area (Å²) in [5, 5.41) is 9.91. The maximum atomic E-state index is 15.5. The summed E-state index contributed by atoms with van der Waals surface area (Å²) in [4.78, 5) is 10.8. The Morgan fingerprint density at radius 1 is 1.26 bits per heavy atom. The summed E-state index contributed by atoms with van der Waals surface area (Å²) in [5.41, 5.74) is 0.874. The van der Waals surface area contributed by atoms with E-state index in [1.54, 1.807) is 31.2 Å². The van der Waals surface area contributed by atoms with Gasteiger partial charge in [-0.1, -0.05) is 19.1 Å². The van der Waals surface area contributed by atoms with E-state index in [-0.39, 0.29) is 35.5 Å². The molecule has 0 unspecified atom stereocenters. The molecule has 1 saturated heterocycles. The number of hydrogen-bond acceptors (Lipinski definition) is 8. The molecule has 2 aromatic carbocycles. The van der Waals surface area contributed by atoms with Crippen LogP contribution in [0, 0.1) is 5.82 Å². The number of aromatic nitrogens is 2. The lowest BCUT2D eigenvalue weighted by Crippen LogP contribution is -2.37. The third-order valence-corrected chi connectivity index (χ3v) is 7.07. The molecule has 35 heavy (non-hydrogen) atoms. The highest BCUT2D eigenvalue weighted by Gasteiger charge is 2.22. The highest BCUT2D eigenvalue weighted by atomic mass is 35.5. The molecule has 3 aromatic rings. The van der Waals surface area contributed by atoms with Gasteiger partial charge in [-0.2, -0.15) is 4.98 Å². The van der Waals surface area contributed by atoms with Crippen molar-refractivity contribution in [2.45, 2.75) is 13.3 Å². The minimum atomic E-state index is -3.68. The lowest BCUT2D eigenvalue weighted by Gasteiger charge is -2.29. The number of anilines is 2. The zero-order valence-corrected chi connectivity index (χ0v) is 20.7. The van der Waals surface area contributed by atoms with Crippen LogP contribution in [0.15, 0.2) is 30.3 Å². The van der Waals surface area contributed by atoms with Gasteiger partial charge in [-0.05, 0) is 41.8 Å². The molecule has 2 heterocycles. The van der Waals surface area contributed by atoms with Crippen molar-refractivity contribution in [3.05, 3.63) is 41.4 Å². The van der Waals surface area contributed by atoms with Crippen LogP contribution in [-0.2, 0) is 14.8 Å². The van der Waals surface area contributed by atoms with Gasteiger partial charge in [-0.15, -0.1) is 0 Å². The Labute approximate surface area is 207 Å². The fourth-order valence-corrected chi connectivity index (χ4v) is 5.21. The van der Waals surface area contributed by atoms with Crippen LogP contribution in [-0.4, -0.2) is 68.8 Å². The molecule has 188 valence electrons. The number of benzene rings is 2. The molecule has 0 saturated carbocycles. The summed E-state index contributed by atoms with van der Waals surface area (Å²) < 4.78 is 53.5. The molecule has 0 atom stereocenters. The van der Waals surface area contributed by atoms with E-state index in [2.05, 4.69) is 14.7 Å². The fraction of sp³-hybridized carbons (Fsp3) is 0.391. The van der Waals surface area contributed by atoms with Gasteiger partial charge in [0.25, 0.3) is 0 Å². The molecule has 1 aliphatic heterocycles.